The van der Waals surface area contributed by atoms with Crippen molar-refractivity contribution < 1.29 is 9.53 Å². The van der Waals surface area contributed by atoms with Crippen LogP contribution in [0.15, 0.2) is 46.6 Å². The molecule has 4 nitrogen and oxygen atoms in total. The maximum absolute atomic E-state index is 12.7. The lowest BCUT2D eigenvalue weighted by molar-refractivity contribution is -0.122. The van der Waals surface area contributed by atoms with E-state index in [1.165, 1.54) is 0 Å². The number of hydrogen-bond donors (Lipinski definition) is 0. The highest BCUT2D eigenvalue weighted by Crippen LogP contribution is 2.30. The van der Waals surface area contributed by atoms with E-state index in [9.17, 15) is 4.79 Å². The smallest absolute Gasteiger partial charge is 0.276 e. The van der Waals surface area contributed by atoms with Crippen molar-refractivity contribution >= 4 is 68.4 Å². The molecular weight excluding hydrogens is 483 g/mol. The number of nitrogens with zero attached hydrogens (tertiary/aromatic N) is 2. The van der Waals surface area contributed by atoms with Crippen molar-refractivity contribution in [1.29, 1.82) is 0 Å². The summed E-state index contributed by atoms with van der Waals surface area (Å²) in [5.74, 6) is 0.505. The number of amides is 1. The molecule has 3 rings (SSSR count). The fraction of sp³-hybridized carbons (Fsp3) is 0.200. The van der Waals surface area contributed by atoms with Crippen LogP contribution in [0, 0.1) is 0 Å². The number of thiocarbonyl (C=S) groups is 1. The third-order valence-corrected chi connectivity index (χ3v) is 5.90. The number of carbonyl (C=O) groups excluding carboxylic acids is 1. The molecule has 1 saturated heterocycles. The van der Waals surface area contributed by atoms with E-state index in [1.54, 1.807) is 35.1 Å². The van der Waals surface area contributed by atoms with Gasteiger partial charge in [-0.2, -0.15) is 0 Å². The molecule has 0 aliphatic carbocycles. The summed E-state index contributed by atoms with van der Waals surface area (Å²) >= 11 is 21.0. The Balaban J connectivity index is 1.91. The van der Waals surface area contributed by atoms with E-state index in [0.717, 1.165) is 15.6 Å². The molecule has 0 bridgehead atoms. The van der Waals surface area contributed by atoms with Crippen molar-refractivity contribution in [3.63, 3.8) is 0 Å². The van der Waals surface area contributed by atoms with E-state index in [0.29, 0.717) is 33.1 Å². The van der Waals surface area contributed by atoms with Gasteiger partial charge in [0.25, 0.3) is 5.91 Å². The molecule has 2 aromatic carbocycles. The van der Waals surface area contributed by atoms with Crippen LogP contribution >= 0.6 is 51.3 Å². The minimum Gasteiger partial charge on any atom is -0.488 e. The number of likely N-dealkylation sites (N-methyl/N-ethyl adjacent to an activating group) is 2. The first kappa shape index (κ1) is 21.1. The topological polar surface area (TPSA) is 32.8 Å². The number of carbonyl (C=O) groups is 1. The third-order valence-electron chi connectivity index (χ3n) is 4.32. The number of rotatable bonds is 5. The van der Waals surface area contributed by atoms with Gasteiger partial charge < -0.3 is 9.64 Å². The zero-order valence-electron chi connectivity index (χ0n) is 15.2. The van der Waals surface area contributed by atoms with Crippen molar-refractivity contribution in [2.45, 2.75) is 13.5 Å². The zero-order chi connectivity index (χ0) is 20.4. The van der Waals surface area contributed by atoms with Crippen LogP contribution in [0.3, 0.4) is 0 Å². The lowest BCUT2D eigenvalue weighted by Crippen LogP contribution is -2.30. The first-order valence-corrected chi connectivity index (χ1v) is 10.4. The normalized spacial score (nSPS) is 15.7. The van der Waals surface area contributed by atoms with Crippen LogP contribution in [0.4, 0.5) is 0 Å². The average Bonchev–Trinajstić information content (AvgIpc) is 2.85. The van der Waals surface area contributed by atoms with Crippen LogP contribution in [-0.2, 0) is 11.4 Å². The summed E-state index contributed by atoms with van der Waals surface area (Å²) < 4.78 is 6.86. The number of ether oxygens (including phenoxy) is 1. The monoisotopic (exact) mass is 498 g/mol. The number of hydrogen-bond acceptors (Lipinski definition) is 3. The Hall–Kier alpha value is -1.60. The van der Waals surface area contributed by atoms with Gasteiger partial charge in [0, 0.05) is 39.2 Å². The van der Waals surface area contributed by atoms with Crippen molar-refractivity contribution in [2.24, 2.45) is 0 Å². The SMILES string of the molecule is CCN1C(=O)/C(=C/c2cc(Br)ccc2OCc2ccc(Cl)cc2Cl)N(C)C1=S. The fourth-order valence-corrected chi connectivity index (χ4v) is 3.95. The van der Waals surface area contributed by atoms with Gasteiger partial charge in [-0.3, -0.25) is 9.69 Å². The molecule has 1 aliphatic rings. The van der Waals surface area contributed by atoms with Gasteiger partial charge >= 0.3 is 0 Å². The molecule has 0 radical (unpaired) electrons. The summed E-state index contributed by atoms with van der Waals surface area (Å²) in [4.78, 5) is 15.9. The van der Waals surface area contributed by atoms with Gasteiger partial charge in [-0.1, -0.05) is 45.2 Å². The minimum absolute atomic E-state index is 0.123. The van der Waals surface area contributed by atoms with Crippen molar-refractivity contribution in [3.05, 3.63) is 67.7 Å². The van der Waals surface area contributed by atoms with Crippen LogP contribution in [0.1, 0.15) is 18.1 Å². The van der Waals surface area contributed by atoms with E-state index < -0.39 is 0 Å². The first-order valence-electron chi connectivity index (χ1n) is 8.49. The molecule has 2 aromatic rings. The van der Waals surface area contributed by atoms with E-state index in [1.807, 2.05) is 31.2 Å². The molecule has 1 aliphatic heterocycles. The van der Waals surface area contributed by atoms with Gasteiger partial charge in [0.1, 0.15) is 18.1 Å². The van der Waals surface area contributed by atoms with Crippen LogP contribution in [0.25, 0.3) is 6.08 Å². The number of halogens is 3. The predicted molar refractivity (Wildman–Crippen MR) is 121 cm³/mol. The molecule has 0 N–H and O–H groups in total. The van der Waals surface area contributed by atoms with Crippen LogP contribution in [0.2, 0.25) is 10.0 Å². The maximum atomic E-state index is 12.7. The Labute approximate surface area is 187 Å². The molecule has 1 heterocycles. The van der Waals surface area contributed by atoms with E-state index in [4.69, 9.17) is 40.2 Å². The second-order valence-corrected chi connectivity index (χ2v) is 8.25. The van der Waals surface area contributed by atoms with Gasteiger partial charge in [-0.05, 0) is 55.5 Å². The second kappa shape index (κ2) is 8.82. The summed E-state index contributed by atoms with van der Waals surface area (Å²) in [7, 11) is 1.79. The summed E-state index contributed by atoms with van der Waals surface area (Å²) in [5.41, 5.74) is 2.08. The van der Waals surface area contributed by atoms with E-state index in [2.05, 4.69) is 15.9 Å². The zero-order valence-corrected chi connectivity index (χ0v) is 19.1. The van der Waals surface area contributed by atoms with Gasteiger partial charge in [0.05, 0.1) is 0 Å². The highest BCUT2D eigenvalue weighted by atomic mass is 79.9. The minimum atomic E-state index is -0.123. The largest absolute Gasteiger partial charge is 0.488 e. The molecule has 1 amide bonds. The molecule has 0 atom stereocenters. The Morgan fingerprint density at radius 1 is 1.21 bits per heavy atom. The van der Waals surface area contributed by atoms with Crippen molar-refractivity contribution in [3.8, 4) is 5.75 Å². The quantitative estimate of drug-likeness (QED) is 0.387. The van der Waals surface area contributed by atoms with Crippen LogP contribution in [-0.4, -0.2) is 34.4 Å². The van der Waals surface area contributed by atoms with Gasteiger partial charge in [0.2, 0.25) is 0 Å². The molecule has 8 heteroatoms. The van der Waals surface area contributed by atoms with Crippen LogP contribution in [0.5, 0.6) is 5.75 Å². The Kier molecular flexibility index (Phi) is 6.65. The lowest BCUT2D eigenvalue weighted by atomic mass is 10.1. The highest BCUT2D eigenvalue weighted by Gasteiger charge is 2.34. The molecular formula is C20H17BrCl2N2O2S. The summed E-state index contributed by atoms with van der Waals surface area (Å²) in [6, 6.07) is 10.9. The Morgan fingerprint density at radius 2 is 1.96 bits per heavy atom. The molecule has 1 fully saturated rings. The summed E-state index contributed by atoms with van der Waals surface area (Å²) in [6.07, 6.45) is 1.79. The lowest BCUT2D eigenvalue weighted by Gasteiger charge is -2.14. The van der Waals surface area contributed by atoms with Gasteiger partial charge in [0.15, 0.2) is 5.11 Å². The molecule has 0 unspecified atom stereocenters. The fourth-order valence-electron chi connectivity index (χ4n) is 2.80. The van der Waals surface area contributed by atoms with E-state index >= 15 is 0 Å². The van der Waals surface area contributed by atoms with E-state index in [-0.39, 0.29) is 12.5 Å². The Bertz CT molecular complexity index is 981. The Morgan fingerprint density at radius 3 is 2.61 bits per heavy atom. The standard InChI is InChI=1S/C20H17BrCl2N2O2S/c1-3-25-19(26)17(24(2)20(25)28)9-13-8-14(21)5-7-18(13)27-11-12-4-6-15(22)10-16(12)23/h4-10H,3,11H2,1-2H3/b17-9-. The van der Waals surface area contributed by atoms with Gasteiger partial charge in [-0.15, -0.1) is 0 Å². The molecule has 0 aromatic heterocycles. The molecule has 0 spiro atoms. The van der Waals surface area contributed by atoms with Crippen molar-refractivity contribution in [1.82, 2.24) is 9.80 Å². The van der Waals surface area contributed by atoms with Gasteiger partial charge in [-0.25, -0.2) is 0 Å². The second-order valence-electron chi connectivity index (χ2n) is 6.13. The molecule has 146 valence electrons. The van der Waals surface area contributed by atoms with Crippen molar-refractivity contribution in [2.75, 3.05) is 13.6 Å². The highest BCUT2D eigenvalue weighted by molar-refractivity contribution is 9.10. The predicted octanol–water partition coefficient (Wildman–Crippen LogP) is 5.75. The van der Waals surface area contributed by atoms with Crippen LogP contribution < -0.4 is 4.74 Å². The summed E-state index contributed by atoms with van der Waals surface area (Å²) in [5, 5.41) is 1.60. The number of benzene rings is 2. The molecule has 0 saturated carbocycles. The first-order chi connectivity index (χ1) is 13.3. The average molecular weight is 500 g/mol. The summed E-state index contributed by atoms with van der Waals surface area (Å²) in [6.45, 7) is 2.69. The third kappa shape index (κ3) is 4.35. The maximum Gasteiger partial charge on any atom is 0.276 e. The molecule has 28 heavy (non-hydrogen) atoms.